The van der Waals surface area contributed by atoms with E-state index in [9.17, 15) is 4.79 Å². The average molecular weight is 456 g/mol. The van der Waals surface area contributed by atoms with Crippen molar-refractivity contribution < 1.29 is 4.74 Å². The number of hydrogen-bond donors (Lipinski definition) is 1. The van der Waals surface area contributed by atoms with Gasteiger partial charge in [-0.15, -0.1) is 0 Å². The standard InChI is InChI=1S/C25H21N5O2S/c1-15-7-6-10-21(26-15)27-16(2)22-23(17-11-13-18(32-3)14-12-17)29-30(24(22)31)25-28-19-8-4-5-9-20(19)33-25/h4-14,29H,1-3H3/b27-16+. The van der Waals surface area contributed by atoms with Crippen molar-refractivity contribution in [2.75, 3.05) is 7.11 Å². The predicted octanol–water partition coefficient (Wildman–Crippen LogP) is 5.30. The maximum Gasteiger partial charge on any atom is 0.283 e. The number of methoxy groups -OCH3 is 1. The molecule has 0 saturated heterocycles. The van der Waals surface area contributed by atoms with Crippen molar-refractivity contribution >= 4 is 33.1 Å². The van der Waals surface area contributed by atoms with Crippen molar-refractivity contribution in [3.05, 3.63) is 88.3 Å². The molecular formula is C25H21N5O2S. The zero-order valence-electron chi connectivity index (χ0n) is 18.4. The summed E-state index contributed by atoms with van der Waals surface area (Å²) in [6.45, 7) is 3.73. The summed E-state index contributed by atoms with van der Waals surface area (Å²) in [6.07, 6.45) is 0. The number of hydrogen-bond acceptors (Lipinski definition) is 6. The van der Waals surface area contributed by atoms with Gasteiger partial charge in [0.05, 0.1) is 34.3 Å². The number of aryl methyl sites for hydroxylation is 1. The Morgan fingerprint density at radius 2 is 1.82 bits per heavy atom. The topological polar surface area (TPSA) is 85.2 Å². The van der Waals surface area contributed by atoms with Gasteiger partial charge < -0.3 is 4.74 Å². The number of thiazole rings is 1. The van der Waals surface area contributed by atoms with Crippen LogP contribution in [0.4, 0.5) is 5.82 Å². The molecule has 0 atom stereocenters. The summed E-state index contributed by atoms with van der Waals surface area (Å²) in [5.41, 5.74) is 4.04. The van der Waals surface area contributed by atoms with Crippen LogP contribution in [0.15, 0.2) is 76.5 Å². The van der Waals surface area contributed by atoms with Gasteiger partial charge in [0, 0.05) is 11.3 Å². The number of H-pyrrole nitrogens is 1. The molecule has 0 amide bonds. The Morgan fingerprint density at radius 1 is 1.03 bits per heavy atom. The summed E-state index contributed by atoms with van der Waals surface area (Å²) < 4.78 is 7.79. The molecule has 2 aromatic carbocycles. The van der Waals surface area contributed by atoms with Gasteiger partial charge in [-0.2, -0.15) is 4.68 Å². The SMILES string of the molecule is COc1ccc(-c2[nH]n(-c3nc4ccccc4s3)c(=O)c2/C(C)=N/c2cccc(C)n2)cc1. The number of nitrogens with zero attached hydrogens (tertiary/aromatic N) is 4. The smallest absolute Gasteiger partial charge is 0.283 e. The van der Waals surface area contributed by atoms with Crippen molar-refractivity contribution in [1.82, 2.24) is 19.7 Å². The molecule has 0 saturated carbocycles. The number of fused-ring (bicyclic) bond motifs is 1. The zero-order chi connectivity index (χ0) is 22.9. The fourth-order valence-corrected chi connectivity index (χ4v) is 4.57. The molecule has 5 rings (SSSR count). The van der Waals surface area contributed by atoms with Gasteiger partial charge in [-0.25, -0.2) is 15.0 Å². The summed E-state index contributed by atoms with van der Waals surface area (Å²) in [6, 6.07) is 21.0. The third-order valence-electron chi connectivity index (χ3n) is 5.26. The first-order valence-electron chi connectivity index (χ1n) is 10.4. The molecule has 0 aliphatic carbocycles. The van der Waals surface area contributed by atoms with Crippen LogP contribution in [0.5, 0.6) is 5.75 Å². The van der Waals surface area contributed by atoms with Gasteiger partial charge in [0.15, 0.2) is 5.82 Å². The normalized spacial score (nSPS) is 11.8. The summed E-state index contributed by atoms with van der Waals surface area (Å²) >= 11 is 1.45. The fraction of sp³-hybridized carbons (Fsp3) is 0.120. The number of rotatable bonds is 5. The molecule has 0 fully saturated rings. The van der Waals surface area contributed by atoms with Crippen LogP contribution in [-0.2, 0) is 0 Å². The molecule has 0 aliphatic heterocycles. The Kier molecular flexibility index (Phi) is 5.35. The number of aliphatic imine (C=N–C) groups is 1. The number of ether oxygens (including phenoxy) is 1. The van der Waals surface area contributed by atoms with Gasteiger partial charge in [-0.05, 0) is 62.4 Å². The van der Waals surface area contributed by atoms with E-state index in [-0.39, 0.29) is 5.56 Å². The van der Waals surface area contributed by atoms with E-state index < -0.39 is 0 Å². The highest BCUT2D eigenvalue weighted by Crippen LogP contribution is 2.27. The predicted molar refractivity (Wildman–Crippen MR) is 132 cm³/mol. The Morgan fingerprint density at radius 3 is 2.55 bits per heavy atom. The Bertz CT molecular complexity index is 1510. The second-order valence-electron chi connectivity index (χ2n) is 7.53. The highest BCUT2D eigenvalue weighted by molar-refractivity contribution is 7.20. The second kappa shape index (κ2) is 8.48. The fourth-order valence-electron chi connectivity index (χ4n) is 3.65. The molecule has 5 aromatic rings. The van der Waals surface area contributed by atoms with Crippen molar-refractivity contribution in [1.29, 1.82) is 0 Å². The van der Waals surface area contributed by atoms with Gasteiger partial charge in [0.25, 0.3) is 5.56 Å². The third kappa shape index (κ3) is 3.96. The average Bonchev–Trinajstić information content (AvgIpc) is 3.40. The van der Waals surface area contributed by atoms with E-state index in [1.807, 2.05) is 80.6 Å². The van der Waals surface area contributed by atoms with Gasteiger partial charge in [0.1, 0.15) is 5.75 Å². The minimum atomic E-state index is -0.214. The van der Waals surface area contributed by atoms with Crippen LogP contribution < -0.4 is 10.3 Å². The van der Waals surface area contributed by atoms with E-state index in [1.165, 1.54) is 16.0 Å². The number of aromatic amines is 1. The quantitative estimate of drug-likeness (QED) is 0.365. The Balaban J connectivity index is 1.70. The van der Waals surface area contributed by atoms with E-state index >= 15 is 0 Å². The molecule has 3 heterocycles. The second-order valence-corrected chi connectivity index (χ2v) is 8.54. The van der Waals surface area contributed by atoms with Gasteiger partial charge in [0.2, 0.25) is 5.13 Å². The maximum atomic E-state index is 13.6. The lowest BCUT2D eigenvalue weighted by Gasteiger charge is -2.05. The molecule has 7 nitrogen and oxygen atoms in total. The molecule has 0 bridgehead atoms. The summed E-state index contributed by atoms with van der Waals surface area (Å²) in [4.78, 5) is 27.4. The molecule has 0 aliphatic rings. The van der Waals surface area contributed by atoms with Crippen LogP contribution in [0.25, 0.3) is 26.6 Å². The molecule has 0 unspecified atom stereocenters. The van der Waals surface area contributed by atoms with E-state index in [4.69, 9.17) is 4.74 Å². The lowest BCUT2D eigenvalue weighted by Crippen LogP contribution is -2.19. The molecule has 33 heavy (non-hydrogen) atoms. The third-order valence-corrected chi connectivity index (χ3v) is 6.28. The summed E-state index contributed by atoms with van der Waals surface area (Å²) in [5, 5.41) is 3.84. The first-order chi connectivity index (χ1) is 16.0. The number of benzene rings is 2. The van der Waals surface area contributed by atoms with Gasteiger partial charge >= 0.3 is 0 Å². The minimum Gasteiger partial charge on any atom is -0.497 e. The first-order valence-corrected chi connectivity index (χ1v) is 11.2. The van der Waals surface area contributed by atoms with Crippen molar-refractivity contribution in [3.63, 3.8) is 0 Å². The van der Waals surface area contributed by atoms with Crippen molar-refractivity contribution in [2.45, 2.75) is 13.8 Å². The minimum absolute atomic E-state index is 0.214. The van der Waals surface area contributed by atoms with E-state index in [1.54, 1.807) is 7.11 Å². The zero-order valence-corrected chi connectivity index (χ0v) is 19.2. The van der Waals surface area contributed by atoms with Crippen molar-refractivity contribution in [2.24, 2.45) is 4.99 Å². The van der Waals surface area contributed by atoms with Gasteiger partial charge in [-0.1, -0.05) is 29.5 Å². The van der Waals surface area contributed by atoms with Crippen LogP contribution >= 0.6 is 11.3 Å². The van der Waals surface area contributed by atoms with Crippen LogP contribution in [-0.4, -0.2) is 32.6 Å². The summed E-state index contributed by atoms with van der Waals surface area (Å²) in [5.74, 6) is 1.29. The molecule has 0 radical (unpaired) electrons. The lowest BCUT2D eigenvalue weighted by molar-refractivity contribution is 0.415. The van der Waals surface area contributed by atoms with E-state index in [0.29, 0.717) is 27.9 Å². The first kappa shape index (κ1) is 20.8. The molecular weight excluding hydrogens is 434 g/mol. The number of nitrogens with one attached hydrogen (secondary N) is 1. The Labute approximate surface area is 194 Å². The van der Waals surface area contributed by atoms with Crippen LogP contribution in [0.2, 0.25) is 0 Å². The van der Waals surface area contributed by atoms with Crippen LogP contribution in [0.1, 0.15) is 18.2 Å². The molecule has 3 aromatic heterocycles. The Hall–Kier alpha value is -4.04. The van der Waals surface area contributed by atoms with E-state index in [2.05, 4.69) is 20.1 Å². The number of pyridine rings is 1. The summed E-state index contributed by atoms with van der Waals surface area (Å²) in [7, 11) is 1.62. The molecule has 164 valence electrons. The van der Waals surface area contributed by atoms with Gasteiger partial charge in [-0.3, -0.25) is 9.89 Å². The maximum absolute atomic E-state index is 13.6. The van der Waals surface area contributed by atoms with Crippen LogP contribution in [0.3, 0.4) is 0 Å². The number of aromatic nitrogens is 4. The van der Waals surface area contributed by atoms with Crippen LogP contribution in [0, 0.1) is 6.92 Å². The molecule has 1 N–H and O–H groups in total. The molecule has 0 spiro atoms. The van der Waals surface area contributed by atoms with E-state index in [0.717, 1.165) is 27.2 Å². The largest absolute Gasteiger partial charge is 0.497 e. The monoisotopic (exact) mass is 455 g/mol. The highest BCUT2D eigenvalue weighted by atomic mass is 32.1. The molecule has 8 heteroatoms. The highest BCUT2D eigenvalue weighted by Gasteiger charge is 2.21. The lowest BCUT2D eigenvalue weighted by atomic mass is 10.1. The van der Waals surface area contributed by atoms with Crippen molar-refractivity contribution in [3.8, 4) is 22.1 Å². The number of para-hydroxylation sites is 1.